The summed E-state index contributed by atoms with van der Waals surface area (Å²) in [5.74, 6) is 0.699. The van der Waals surface area contributed by atoms with Crippen LogP contribution in [0.15, 0.2) is 18.3 Å². The average Bonchev–Trinajstić information content (AvgIpc) is 2.49. The third kappa shape index (κ3) is 3.20. The molecule has 0 spiro atoms. The summed E-state index contributed by atoms with van der Waals surface area (Å²) in [4.78, 5) is 6.58. The summed E-state index contributed by atoms with van der Waals surface area (Å²) < 4.78 is 5.09. The fourth-order valence-electron chi connectivity index (χ4n) is 2.40. The highest BCUT2D eigenvalue weighted by molar-refractivity contribution is 8.00. The van der Waals surface area contributed by atoms with Gasteiger partial charge in [-0.25, -0.2) is 4.98 Å². The highest BCUT2D eigenvalue weighted by atomic mass is 32.2. The number of methoxy groups -OCH3 is 1. The van der Waals surface area contributed by atoms with Crippen LogP contribution in [-0.2, 0) is 6.54 Å². The van der Waals surface area contributed by atoms with Gasteiger partial charge < -0.3 is 4.74 Å². The fraction of sp³-hybridized carbons (Fsp3) is 0.571. The van der Waals surface area contributed by atoms with Gasteiger partial charge in [0.25, 0.3) is 0 Å². The van der Waals surface area contributed by atoms with Gasteiger partial charge in [0.15, 0.2) is 0 Å². The SMILES string of the molecule is COc1ncccc1CN1CCC(C#N)(SC)CC1. The number of rotatable bonds is 4. The van der Waals surface area contributed by atoms with Crippen molar-refractivity contribution < 1.29 is 4.74 Å². The predicted molar refractivity (Wildman–Crippen MR) is 77.2 cm³/mol. The van der Waals surface area contributed by atoms with Crippen molar-refractivity contribution >= 4 is 11.8 Å². The number of pyridine rings is 1. The van der Waals surface area contributed by atoms with Crippen LogP contribution in [0.5, 0.6) is 5.88 Å². The lowest BCUT2D eigenvalue weighted by atomic mass is 9.97. The van der Waals surface area contributed by atoms with Crippen molar-refractivity contribution in [3.8, 4) is 11.9 Å². The van der Waals surface area contributed by atoms with E-state index in [1.165, 1.54) is 0 Å². The number of aromatic nitrogens is 1. The first kappa shape index (κ1) is 14.2. The first-order chi connectivity index (χ1) is 9.23. The van der Waals surface area contributed by atoms with Gasteiger partial charge in [-0.2, -0.15) is 5.26 Å². The molecule has 1 aromatic rings. The van der Waals surface area contributed by atoms with E-state index in [0.29, 0.717) is 5.88 Å². The molecule has 0 bridgehead atoms. The smallest absolute Gasteiger partial charge is 0.217 e. The van der Waals surface area contributed by atoms with Crippen LogP contribution in [0.3, 0.4) is 0 Å². The molecule has 0 aromatic carbocycles. The lowest BCUT2D eigenvalue weighted by Gasteiger charge is -2.36. The zero-order valence-corrected chi connectivity index (χ0v) is 12.2. The third-order valence-electron chi connectivity index (χ3n) is 3.70. The molecule has 0 aliphatic carbocycles. The quantitative estimate of drug-likeness (QED) is 0.845. The lowest BCUT2D eigenvalue weighted by Crippen LogP contribution is -2.41. The van der Waals surface area contributed by atoms with Crippen molar-refractivity contribution in [2.45, 2.75) is 24.1 Å². The summed E-state index contributed by atoms with van der Waals surface area (Å²) in [5.41, 5.74) is 1.11. The largest absolute Gasteiger partial charge is 0.481 e. The summed E-state index contributed by atoms with van der Waals surface area (Å²) in [6.45, 7) is 2.74. The predicted octanol–water partition coefficient (Wildman–Crippen LogP) is 2.31. The van der Waals surface area contributed by atoms with Gasteiger partial charge >= 0.3 is 0 Å². The Labute approximate surface area is 118 Å². The van der Waals surface area contributed by atoms with Gasteiger partial charge in [0, 0.05) is 31.4 Å². The molecule has 1 fully saturated rings. The van der Waals surface area contributed by atoms with Gasteiger partial charge in [0.05, 0.1) is 13.2 Å². The second-order valence-corrected chi connectivity index (χ2v) is 5.95. The van der Waals surface area contributed by atoms with Gasteiger partial charge in [0.1, 0.15) is 4.75 Å². The first-order valence-corrected chi connectivity index (χ1v) is 7.62. The van der Waals surface area contributed by atoms with Crippen molar-refractivity contribution in [2.24, 2.45) is 0 Å². The first-order valence-electron chi connectivity index (χ1n) is 6.39. The average molecular weight is 277 g/mol. The molecule has 0 amide bonds. The van der Waals surface area contributed by atoms with E-state index in [2.05, 4.69) is 16.0 Å². The van der Waals surface area contributed by atoms with E-state index in [1.807, 2.05) is 18.4 Å². The van der Waals surface area contributed by atoms with E-state index in [4.69, 9.17) is 4.74 Å². The van der Waals surface area contributed by atoms with E-state index < -0.39 is 0 Å². The maximum Gasteiger partial charge on any atom is 0.217 e. The summed E-state index contributed by atoms with van der Waals surface area (Å²) in [5, 5.41) is 9.28. The number of nitriles is 1. The minimum Gasteiger partial charge on any atom is -0.481 e. The number of likely N-dealkylation sites (tertiary alicyclic amines) is 1. The lowest BCUT2D eigenvalue weighted by molar-refractivity contribution is 0.206. The molecule has 2 rings (SSSR count). The van der Waals surface area contributed by atoms with E-state index in [9.17, 15) is 5.26 Å². The van der Waals surface area contributed by atoms with Crippen LogP contribution in [0.2, 0.25) is 0 Å². The van der Waals surface area contributed by atoms with Crippen molar-refractivity contribution in [1.82, 2.24) is 9.88 Å². The Bertz CT molecular complexity index is 464. The second-order valence-electron chi connectivity index (χ2n) is 4.76. The van der Waals surface area contributed by atoms with Crippen molar-refractivity contribution in [1.29, 1.82) is 5.26 Å². The van der Waals surface area contributed by atoms with Crippen molar-refractivity contribution in [2.75, 3.05) is 26.5 Å². The number of piperidine rings is 1. The minimum absolute atomic E-state index is 0.185. The van der Waals surface area contributed by atoms with Crippen LogP contribution in [0, 0.1) is 11.3 Å². The number of ether oxygens (including phenoxy) is 1. The Morgan fingerprint density at radius 3 is 2.84 bits per heavy atom. The zero-order valence-electron chi connectivity index (χ0n) is 11.4. The summed E-state index contributed by atoms with van der Waals surface area (Å²) in [6.07, 6.45) is 5.62. The van der Waals surface area contributed by atoms with Crippen LogP contribution >= 0.6 is 11.8 Å². The molecule has 19 heavy (non-hydrogen) atoms. The number of hydrogen-bond donors (Lipinski definition) is 0. The van der Waals surface area contributed by atoms with Gasteiger partial charge in [-0.15, -0.1) is 11.8 Å². The summed E-state index contributed by atoms with van der Waals surface area (Å²) in [7, 11) is 1.65. The molecular formula is C14H19N3OS. The molecular weight excluding hydrogens is 258 g/mol. The topological polar surface area (TPSA) is 49.1 Å². The molecule has 4 nitrogen and oxygen atoms in total. The Hall–Kier alpha value is -1.25. The monoisotopic (exact) mass is 277 g/mol. The Kier molecular flexibility index (Phi) is 4.67. The molecule has 0 N–H and O–H groups in total. The van der Waals surface area contributed by atoms with Gasteiger partial charge in [0.2, 0.25) is 5.88 Å². The normalized spacial score (nSPS) is 18.8. The Morgan fingerprint density at radius 2 is 2.26 bits per heavy atom. The molecule has 1 aliphatic rings. The standard InChI is InChI=1S/C14H19N3OS/c1-18-13-12(4-3-7-16-13)10-17-8-5-14(11-15,19-2)6-9-17/h3-4,7H,5-6,8-10H2,1-2H3. The maximum atomic E-state index is 9.28. The number of nitrogens with zero attached hydrogens (tertiary/aromatic N) is 3. The second kappa shape index (κ2) is 6.27. The molecule has 2 heterocycles. The van der Waals surface area contributed by atoms with Crippen LogP contribution in [-0.4, -0.2) is 41.1 Å². The number of thioether (sulfide) groups is 1. The van der Waals surface area contributed by atoms with Crippen LogP contribution < -0.4 is 4.74 Å². The van der Waals surface area contributed by atoms with Gasteiger partial charge in [-0.3, -0.25) is 4.90 Å². The van der Waals surface area contributed by atoms with Gasteiger partial charge in [-0.05, 0) is 25.2 Å². The summed E-state index contributed by atoms with van der Waals surface area (Å²) >= 11 is 1.68. The van der Waals surface area contributed by atoms with Crippen LogP contribution in [0.4, 0.5) is 0 Å². The summed E-state index contributed by atoms with van der Waals surface area (Å²) in [6, 6.07) is 6.46. The molecule has 1 aliphatic heterocycles. The van der Waals surface area contributed by atoms with E-state index in [-0.39, 0.29) is 4.75 Å². The third-order valence-corrected chi connectivity index (χ3v) is 4.98. The van der Waals surface area contributed by atoms with E-state index in [0.717, 1.165) is 38.0 Å². The van der Waals surface area contributed by atoms with E-state index >= 15 is 0 Å². The van der Waals surface area contributed by atoms with Crippen molar-refractivity contribution in [3.05, 3.63) is 23.9 Å². The highest BCUT2D eigenvalue weighted by Gasteiger charge is 2.33. The van der Waals surface area contributed by atoms with Crippen LogP contribution in [0.1, 0.15) is 18.4 Å². The molecule has 1 saturated heterocycles. The van der Waals surface area contributed by atoms with Crippen molar-refractivity contribution in [3.63, 3.8) is 0 Å². The van der Waals surface area contributed by atoms with Gasteiger partial charge in [-0.1, -0.05) is 6.07 Å². The highest BCUT2D eigenvalue weighted by Crippen LogP contribution is 2.34. The molecule has 0 saturated carbocycles. The fourth-order valence-corrected chi connectivity index (χ4v) is 3.09. The van der Waals surface area contributed by atoms with E-state index in [1.54, 1.807) is 25.1 Å². The molecule has 0 atom stereocenters. The molecule has 5 heteroatoms. The molecule has 0 unspecified atom stereocenters. The molecule has 1 aromatic heterocycles. The molecule has 102 valence electrons. The Balaban J connectivity index is 1.98. The zero-order chi connectivity index (χ0) is 13.7. The Morgan fingerprint density at radius 1 is 1.53 bits per heavy atom. The molecule has 0 radical (unpaired) electrons. The number of hydrogen-bond acceptors (Lipinski definition) is 5. The maximum absolute atomic E-state index is 9.28. The van der Waals surface area contributed by atoms with Crippen LogP contribution in [0.25, 0.3) is 0 Å². The minimum atomic E-state index is -0.185.